The number of halogens is 2. The topological polar surface area (TPSA) is 20.3 Å². The maximum Gasteiger partial charge on any atom is 0.261 e. The lowest BCUT2D eigenvalue weighted by molar-refractivity contribution is -0.123. The first kappa shape index (κ1) is 7.28. The van der Waals surface area contributed by atoms with Crippen LogP contribution in [0.15, 0.2) is 8.96 Å². The third-order valence-corrected chi connectivity index (χ3v) is 3.15. The first-order chi connectivity index (χ1) is 4.13. The molecule has 1 aliphatic heterocycles. The van der Waals surface area contributed by atoms with Gasteiger partial charge in [-0.05, 0) is 15.9 Å². The number of carbonyl (C=O) groups is 1. The summed E-state index contributed by atoms with van der Waals surface area (Å²) in [5.74, 6) is 0.0434. The zero-order valence-corrected chi connectivity index (χ0v) is 7.99. The lowest BCUT2D eigenvalue weighted by Gasteiger charge is -2.05. The first-order valence-corrected chi connectivity index (χ1v) is 4.01. The summed E-state index contributed by atoms with van der Waals surface area (Å²) in [4.78, 5) is 12.5. The molecular formula is C5H5Br2NO. The molecule has 0 saturated heterocycles. The van der Waals surface area contributed by atoms with E-state index in [-0.39, 0.29) is 5.91 Å². The summed E-state index contributed by atoms with van der Waals surface area (Å²) >= 11 is 6.41. The largest absolute Gasteiger partial charge is 0.336 e. The molecule has 2 nitrogen and oxygen atoms in total. The summed E-state index contributed by atoms with van der Waals surface area (Å²) in [6.45, 7) is 0.680. The molecule has 0 aromatic heterocycles. The minimum atomic E-state index is 0.0434. The molecule has 0 aromatic rings. The third kappa shape index (κ3) is 1.19. The second-order valence-electron chi connectivity index (χ2n) is 1.88. The van der Waals surface area contributed by atoms with Gasteiger partial charge in [-0.15, -0.1) is 0 Å². The van der Waals surface area contributed by atoms with E-state index in [2.05, 4.69) is 31.9 Å². The van der Waals surface area contributed by atoms with Crippen molar-refractivity contribution in [1.29, 1.82) is 0 Å². The second kappa shape index (κ2) is 2.42. The molecule has 0 N–H and O–H groups in total. The molecule has 0 aliphatic carbocycles. The van der Waals surface area contributed by atoms with Gasteiger partial charge in [0, 0.05) is 11.5 Å². The van der Waals surface area contributed by atoms with E-state index in [1.165, 1.54) is 0 Å². The van der Waals surface area contributed by atoms with Crippen molar-refractivity contribution in [3.8, 4) is 0 Å². The van der Waals surface area contributed by atoms with Gasteiger partial charge >= 0.3 is 0 Å². The summed E-state index contributed by atoms with van der Waals surface area (Å²) in [6.07, 6.45) is 0. The predicted octanol–water partition coefficient (Wildman–Crippen LogP) is 1.46. The monoisotopic (exact) mass is 253 g/mol. The lowest BCUT2D eigenvalue weighted by atomic mass is 10.6. The fourth-order valence-corrected chi connectivity index (χ4v) is 1.61. The summed E-state index contributed by atoms with van der Waals surface area (Å²) in [7, 11) is 1.76. The van der Waals surface area contributed by atoms with Crippen LogP contribution in [0.3, 0.4) is 0 Å². The van der Waals surface area contributed by atoms with E-state index >= 15 is 0 Å². The number of carbonyl (C=O) groups excluding carboxylic acids is 1. The van der Waals surface area contributed by atoms with Crippen molar-refractivity contribution >= 4 is 37.8 Å². The maximum atomic E-state index is 10.9. The molecule has 0 aromatic carbocycles. The number of rotatable bonds is 0. The Morgan fingerprint density at radius 3 is 2.22 bits per heavy atom. The Hall–Kier alpha value is 0.170. The van der Waals surface area contributed by atoms with Crippen LogP contribution in [-0.4, -0.2) is 24.4 Å². The minimum Gasteiger partial charge on any atom is -0.336 e. The zero-order valence-electron chi connectivity index (χ0n) is 4.82. The van der Waals surface area contributed by atoms with Gasteiger partial charge in [-0.1, -0.05) is 15.9 Å². The Morgan fingerprint density at radius 2 is 2.11 bits per heavy atom. The van der Waals surface area contributed by atoms with Crippen LogP contribution in [-0.2, 0) is 4.79 Å². The Balaban J connectivity index is 2.87. The normalized spacial score (nSPS) is 19.9. The van der Waals surface area contributed by atoms with Crippen LogP contribution in [0.5, 0.6) is 0 Å². The van der Waals surface area contributed by atoms with Crippen molar-refractivity contribution in [3.63, 3.8) is 0 Å². The van der Waals surface area contributed by atoms with Gasteiger partial charge in [0.05, 0.1) is 11.0 Å². The fraction of sp³-hybridized carbons (Fsp3) is 0.400. The quantitative estimate of drug-likeness (QED) is 0.641. The lowest BCUT2D eigenvalue weighted by Crippen LogP contribution is -2.20. The summed E-state index contributed by atoms with van der Waals surface area (Å²) in [6, 6.07) is 0. The van der Waals surface area contributed by atoms with Crippen molar-refractivity contribution < 1.29 is 4.79 Å². The fourth-order valence-electron chi connectivity index (χ4n) is 0.633. The van der Waals surface area contributed by atoms with Gasteiger partial charge in [-0.25, -0.2) is 0 Å². The van der Waals surface area contributed by atoms with Gasteiger partial charge in [-0.2, -0.15) is 0 Å². The minimum absolute atomic E-state index is 0.0434. The Labute approximate surface area is 70.2 Å². The highest BCUT2D eigenvalue weighted by atomic mass is 79.9. The smallest absolute Gasteiger partial charge is 0.261 e. The molecule has 50 valence electrons. The van der Waals surface area contributed by atoms with Gasteiger partial charge in [0.15, 0.2) is 0 Å². The molecule has 1 rings (SSSR count). The molecule has 1 aliphatic rings. The molecule has 0 saturated carbocycles. The molecule has 0 radical (unpaired) electrons. The van der Waals surface area contributed by atoms with E-state index in [0.29, 0.717) is 11.0 Å². The van der Waals surface area contributed by atoms with E-state index in [4.69, 9.17) is 0 Å². The molecular weight excluding hydrogens is 250 g/mol. The third-order valence-electron chi connectivity index (χ3n) is 1.15. The van der Waals surface area contributed by atoms with Crippen molar-refractivity contribution in [2.75, 3.05) is 13.6 Å². The average molecular weight is 255 g/mol. The molecule has 4 heteroatoms. The summed E-state index contributed by atoms with van der Waals surface area (Å²) in [5.41, 5.74) is 0. The summed E-state index contributed by atoms with van der Waals surface area (Å²) < 4.78 is 1.57. The number of likely N-dealkylation sites (N-methyl/N-ethyl adjacent to an activating group) is 1. The number of hydrogen-bond acceptors (Lipinski definition) is 1. The maximum absolute atomic E-state index is 10.9. The van der Waals surface area contributed by atoms with Crippen molar-refractivity contribution in [2.45, 2.75) is 0 Å². The van der Waals surface area contributed by atoms with Crippen molar-refractivity contribution in [2.24, 2.45) is 0 Å². The molecule has 9 heavy (non-hydrogen) atoms. The highest BCUT2D eigenvalue weighted by Crippen LogP contribution is 2.26. The molecule has 1 heterocycles. The highest BCUT2D eigenvalue weighted by Gasteiger charge is 2.23. The average Bonchev–Trinajstić information content (AvgIpc) is 1.98. The Bertz CT molecular complexity index is 187. The van der Waals surface area contributed by atoms with Crippen molar-refractivity contribution in [3.05, 3.63) is 8.96 Å². The van der Waals surface area contributed by atoms with E-state index in [0.717, 1.165) is 4.48 Å². The van der Waals surface area contributed by atoms with Crippen LogP contribution in [0, 0.1) is 0 Å². The number of hydrogen-bond donors (Lipinski definition) is 0. The second-order valence-corrected chi connectivity index (χ2v) is 3.63. The van der Waals surface area contributed by atoms with Crippen molar-refractivity contribution in [1.82, 2.24) is 4.90 Å². The Morgan fingerprint density at radius 1 is 1.56 bits per heavy atom. The standard InChI is InChI=1S/C5H5Br2NO/c1-8-2-3(6)4(7)5(8)9/h2H2,1H3. The van der Waals surface area contributed by atoms with E-state index < -0.39 is 0 Å². The van der Waals surface area contributed by atoms with Crippen LogP contribution in [0.25, 0.3) is 0 Å². The van der Waals surface area contributed by atoms with Crippen LogP contribution >= 0.6 is 31.9 Å². The SMILES string of the molecule is CN1CC(Br)=C(Br)C1=O. The van der Waals surface area contributed by atoms with E-state index in [1.54, 1.807) is 11.9 Å². The van der Waals surface area contributed by atoms with Crippen LogP contribution in [0.1, 0.15) is 0 Å². The van der Waals surface area contributed by atoms with Gasteiger partial charge in [-0.3, -0.25) is 4.79 Å². The molecule has 0 atom stereocenters. The summed E-state index contributed by atoms with van der Waals surface area (Å²) in [5, 5.41) is 0. The van der Waals surface area contributed by atoms with Crippen LogP contribution < -0.4 is 0 Å². The van der Waals surface area contributed by atoms with E-state index in [1.807, 2.05) is 0 Å². The highest BCUT2D eigenvalue weighted by molar-refractivity contribution is 9.14. The van der Waals surface area contributed by atoms with Crippen LogP contribution in [0.2, 0.25) is 0 Å². The molecule has 0 unspecified atom stereocenters. The van der Waals surface area contributed by atoms with Gasteiger partial charge in [0.2, 0.25) is 0 Å². The molecule has 0 fully saturated rings. The van der Waals surface area contributed by atoms with Crippen LogP contribution in [0.4, 0.5) is 0 Å². The predicted molar refractivity (Wildman–Crippen MR) is 42.5 cm³/mol. The van der Waals surface area contributed by atoms with Gasteiger partial charge < -0.3 is 4.90 Å². The number of amides is 1. The molecule has 0 bridgehead atoms. The van der Waals surface area contributed by atoms with E-state index in [9.17, 15) is 4.79 Å². The number of nitrogens with zero attached hydrogens (tertiary/aromatic N) is 1. The molecule has 0 spiro atoms. The van der Waals surface area contributed by atoms with Gasteiger partial charge in [0.25, 0.3) is 5.91 Å². The molecule has 1 amide bonds. The van der Waals surface area contributed by atoms with Gasteiger partial charge in [0.1, 0.15) is 0 Å². The Kier molecular flexibility index (Phi) is 1.96. The first-order valence-electron chi connectivity index (χ1n) is 2.42. The zero-order chi connectivity index (χ0) is 7.02.